The Bertz CT molecular complexity index is 950. The van der Waals surface area contributed by atoms with Gasteiger partial charge in [0.05, 0.1) is 11.1 Å². The van der Waals surface area contributed by atoms with Crippen LogP contribution in [0.2, 0.25) is 0 Å². The Morgan fingerprint density at radius 3 is 1.77 bits per heavy atom. The lowest BCUT2D eigenvalue weighted by atomic mass is 9.98. The fourth-order valence-electron chi connectivity index (χ4n) is 2.46. The SMILES string of the molecule is O=C(OC(=NO)c1ccccc1C(=O)c1ccccc1)c1ccccc1. The summed E-state index contributed by atoms with van der Waals surface area (Å²) >= 11 is 0. The second-order valence-corrected chi connectivity index (χ2v) is 5.40. The van der Waals surface area contributed by atoms with Crippen molar-refractivity contribution in [3.8, 4) is 0 Å². The first-order valence-electron chi connectivity index (χ1n) is 7.89. The van der Waals surface area contributed by atoms with Crippen LogP contribution in [0.4, 0.5) is 0 Å². The van der Waals surface area contributed by atoms with Crippen LogP contribution < -0.4 is 0 Å². The molecule has 3 rings (SSSR count). The van der Waals surface area contributed by atoms with Crippen molar-refractivity contribution in [3.63, 3.8) is 0 Å². The maximum absolute atomic E-state index is 12.8. The van der Waals surface area contributed by atoms with Gasteiger partial charge >= 0.3 is 5.97 Å². The summed E-state index contributed by atoms with van der Waals surface area (Å²) in [5.41, 5.74) is 1.28. The molecule has 0 fully saturated rings. The molecule has 0 heterocycles. The normalized spacial score (nSPS) is 11.0. The van der Waals surface area contributed by atoms with E-state index < -0.39 is 5.97 Å². The van der Waals surface area contributed by atoms with Gasteiger partial charge < -0.3 is 9.94 Å². The Labute approximate surface area is 150 Å². The summed E-state index contributed by atoms with van der Waals surface area (Å²) in [4.78, 5) is 25.0. The van der Waals surface area contributed by atoms with Gasteiger partial charge in [0.2, 0.25) is 0 Å². The quantitative estimate of drug-likeness (QED) is 0.194. The van der Waals surface area contributed by atoms with E-state index in [9.17, 15) is 14.8 Å². The van der Waals surface area contributed by atoms with Crippen molar-refractivity contribution in [3.05, 3.63) is 107 Å². The lowest BCUT2D eigenvalue weighted by Gasteiger charge is -2.10. The fourth-order valence-corrected chi connectivity index (χ4v) is 2.46. The van der Waals surface area contributed by atoms with Crippen LogP contribution in [0, 0.1) is 0 Å². The molecule has 0 atom stereocenters. The van der Waals surface area contributed by atoms with Gasteiger partial charge in [0.1, 0.15) is 0 Å². The summed E-state index contributed by atoms with van der Waals surface area (Å²) in [7, 11) is 0. The monoisotopic (exact) mass is 345 g/mol. The average Bonchev–Trinajstić information content (AvgIpc) is 2.72. The van der Waals surface area contributed by atoms with Crippen molar-refractivity contribution in [2.24, 2.45) is 5.16 Å². The fraction of sp³-hybridized carbons (Fsp3) is 0. The lowest BCUT2D eigenvalue weighted by molar-refractivity contribution is 0.0707. The second kappa shape index (κ2) is 7.90. The standard InChI is InChI=1S/C21H15NO4/c23-19(15-9-3-1-4-10-15)17-13-7-8-14-18(17)20(22-25)26-21(24)16-11-5-2-6-12-16/h1-14,25H. The molecule has 0 saturated carbocycles. The lowest BCUT2D eigenvalue weighted by Crippen LogP contribution is -2.17. The first kappa shape index (κ1) is 17.1. The zero-order valence-corrected chi connectivity index (χ0v) is 13.7. The predicted molar refractivity (Wildman–Crippen MR) is 96.5 cm³/mol. The molecule has 128 valence electrons. The highest BCUT2D eigenvalue weighted by Gasteiger charge is 2.21. The minimum absolute atomic E-state index is 0.230. The van der Waals surface area contributed by atoms with Crippen molar-refractivity contribution in [2.75, 3.05) is 0 Å². The molecule has 26 heavy (non-hydrogen) atoms. The van der Waals surface area contributed by atoms with E-state index in [1.165, 1.54) is 0 Å². The smallest absolute Gasteiger partial charge is 0.344 e. The number of oxime groups is 1. The number of carbonyl (C=O) groups excluding carboxylic acids is 2. The molecule has 3 aromatic rings. The number of hydrogen-bond donors (Lipinski definition) is 1. The number of rotatable bonds is 4. The van der Waals surface area contributed by atoms with Crippen LogP contribution in [0.1, 0.15) is 31.8 Å². The van der Waals surface area contributed by atoms with E-state index in [0.717, 1.165) is 0 Å². The molecular formula is C21H15NO4. The summed E-state index contributed by atoms with van der Waals surface area (Å²) in [6.07, 6.45) is 0. The second-order valence-electron chi connectivity index (χ2n) is 5.40. The maximum atomic E-state index is 12.8. The van der Waals surface area contributed by atoms with Crippen LogP contribution in [-0.2, 0) is 4.74 Å². The summed E-state index contributed by atoms with van der Waals surface area (Å²) in [5, 5.41) is 12.4. The first-order valence-corrected chi connectivity index (χ1v) is 7.89. The summed E-state index contributed by atoms with van der Waals surface area (Å²) in [6, 6.07) is 23.5. The van der Waals surface area contributed by atoms with E-state index in [0.29, 0.717) is 11.1 Å². The number of ether oxygens (including phenoxy) is 1. The van der Waals surface area contributed by atoms with E-state index in [1.54, 1.807) is 78.9 Å². The van der Waals surface area contributed by atoms with E-state index in [4.69, 9.17) is 4.74 Å². The van der Waals surface area contributed by atoms with Gasteiger partial charge in [0.15, 0.2) is 5.78 Å². The molecule has 1 N–H and O–H groups in total. The molecule has 3 aromatic carbocycles. The summed E-state index contributed by atoms with van der Waals surface area (Å²) in [5.74, 6) is -1.28. The van der Waals surface area contributed by atoms with E-state index >= 15 is 0 Å². The van der Waals surface area contributed by atoms with Crippen LogP contribution >= 0.6 is 0 Å². The Balaban J connectivity index is 1.93. The van der Waals surface area contributed by atoms with Crippen LogP contribution in [0.25, 0.3) is 0 Å². The highest BCUT2D eigenvalue weighted by molar-refractivity contribution is 6.16. The van der Waals surface area contributed by atoms with Gasteiger partial charge in [0.25, 0.3) is 5.90 Å². The number of hydrogen-bond acceptors (Lipinski definition) is 5. The minimum atomic E-state index is -0.680. The molecule has 5 heteroatoms. The van der Waals surface area contributed by atoms with Crippen molar-refractivity contribution in [1.29, 1.82) is 0 Å². The van der Waals surface area contributed by atoms with Gasteiger partial charge in [-0.3, -0.25) is 4.79 Å². The molecule has 0 amide bonds. The van der Waals surface area contributed by atoms with Gasteiger partial charge in [0, 0.05) is 11.1 Å². The number of esters is 1. The van der Waals surface area contributed by atoms with Gasteiger partial charge in [-0.2, -0.15) is 0 Å². The number of nitrogens with zero attached hydrogens (tertiary/aromatic N) is 1. The van der Waals surface area contributed by atoms with E-state index in [1.807, 2.05) is 6.07 Å². The van der Waals surface area contributed by atoms with E-state index in [2.05, 4.69) is 5.16 Å². The zero-order chi connectivity index (χ0) is 18.4. The predicted octanol–water partition coefficient (Wildman–Crippen LogP) is 3.91. The molecular weight excluding hydrogens is 330 g/mol. The third-order valence-corrected chi connectivity index (χ3v) is 3.73. The van der Waals surface area contributed by atoms with E-state index in [-0.39, 0.29) is 22.8 Å². The number of benzene rings is 3. The number of ketones is 1. The molecule has 0 unspecified atom stereocenters. The largest absolute Gasteiger partial charge is 0.408 e. The maximum Gasteiger partial charge on any atom is 0.344 e. The molecule has 0 saturated heterocycles. The average molecular weight is 345 g/mol. The molecule has 0 radical (unpaired) electrons. The summed E-state index contributed by atoms with van der Waals surface area (Å²) in [6.45, 7) is 0. The van der Waals surface area contributed by atoms with Gasteiger partial charge in [-0.25, -0.2) is 4.79 Å². The van der Waals surface area contributed by atoms with Gasteiger partial charge in [-0.1, -0.05) is 66.7 Å². The van der Waals surface area contributed by atoms with Gasteiger partial charge in [-0.05, 0) is 23.4 Å². The topological polar surface area (TPSA) is 76.0 Å². The molecule has 0 aromatic heterocycles. The van der Waals surface area contributed by atoms with Crippen LogP contribution in [-0.4, -0.2) is 22.9 Å². The Kier molecular flexibility index (Phi) is 5.19. The zero-order valence-electron chi connectivity index (χ0n) is 13.7. The molecule has 0 bridgehead atoms. The number of carbonyl (C=O) groups is 2. The van der Waals surface area contributed by atoms with Crippen LogP contribution in [0.15, 0.2) is 90.1 Å². The molecule has 0 aliphatic heterocycles. The molecule has 5 nitrogen and oxygen atoms in total. The minimum Gasteiger partial charge on any atom is -0.408 e. The third kappa shape index (κ3) is 3.67. The van der Waals surface area contributed by atoms with Gasteiger partial charge in [-0.15, -0.1) is 0 Å². The molecule has 0 aliphatic rings. The Morgan fingerprint density at radius 2 is 1.19 bits per heavy atom. The molecule has 0 spiro atoms. The highest BCUT2D eigenvalue weighted by atomic mass is 16.6. The molecule has 0 aliphatic carbocycles. The van der Waals surface area contributed by atoms with Crippen LogP contribution in [0.5, 0.6) is 0 Å². The Hall–Kier alpha value is -3.73. The summed E-state index contributed by atoms with van der Waals surface area (Å²) < 4.78 is 5.21. The van der Waals surface area contributed by atoms with Crippen LogP contribution in [0.3, 0.4) is 0 Å². The van der Waals surface area contributed by atoms with Crippen molar-refractivity contribution >= 4 is 17.7 Å². The van der Waals surface area contributed by atoms with Crippen molar-refractivity contribution in [2.45, 2.75) is 0 Å². The Morgan fingerprint density at radius 1 is 0.692 bits per heavy atom. The van der Waals surface area contributed by atoms with Crippen molar-refractivity contribution in [1.82, 2.24) is 0 Å². The van der Waals surface area contributed by atoms with Crippen molar-refractivity contribution < 1.29 is 19.5 Å². The first-order chi connectivity index (χ1) is 12.7. The third-order valence-electron chi connectivity index (χ3n) is 3.73. The highest BCUT2D eigenvalue weighted by Crippen LogP contribution is 2.17.